The first-order chi connectivity index (χ1) is 10.7. The molecule has 1 N–H and O–H groups in total. The summed E-state index contributed by atoms with van der Waals surface area (Å²) in [6.07, 6.45) is 2.40. The second kappa shape index (κ2) is 5.52. The van der Waals surface area contributed by atoms with Gasteiger partial charge < -0.3 is 15.0 Å². The first kappa shape index (κ1) is 14.0. The predicted molar refractivity (Wildman–Crippen MR) is 86.6 cm³/mol. The highest BCUT2D eigenvalue weighted by Gasteiger charge is 2.35. The smallest absolute Gasteiger partial charge is 0.263 e. The topological polar surface area (TPSA) is 54.5 Å². The van der Waals surface area contributed by atoms with Crippen LogP contribution in [0.15, 0.2) is 18.2 Å². The Bertz CT molecular complexity index is 706. The van der Waals surface area contributed by atoms with Gasteiger partial charge in [-0.2, -0.15) is 4.37 Å². The molecule has 2 aromatic rings. The molecule has 0 saturated carbocycles. The van der Waals surface area contributed by atoms with Crippen molar-refractivity contribution >= 4 is 28.3 Å². The largest absolute Gasteiger partial charge is 0.497 e. The summed E-state index contributed by atoms with van der Waals surface area (Å²) in [6.45, 7) is 3.35. The summed E-state index contributed by atoms with van der Waals surface area (Å²) in [4.78, 5) is 15.8. The quantitative estimate of drug-likeness (QED) is 0.942. The number of rotatable bonds is 3. The highest BCUT2D eigenvalue weighted by atomic mass is 32.1. The first-order valence-corrected chi connectivity index (χ1v) is 8.48. The molecular weight excluding hydrogens is 298 g/mol. The van der Waals surface area contributed by atoms with Gasteiger partial charge in [-0.15, -0.1) is 0 Å². The third kappa shape index (κ3) is 2.36. The van der Waals surface area contributed by atoms with E-state index in [1.807, 2.05) is 18.2 Å². The van der Waals surface area contributed by atoms with Crippen LogP contribution in [-0.4, -0.2) is 48.0 Å². The molecule has 2 bridgehead atoms. The molecular formula is C16H19N3O2S. The number of nitrogens with zero attached hydrogens (tertiary/aromatic N) is 2. The number of hydrogen-bond acceptors (Lipinski definition) is 5. The van der Waals surface area contributed by atoms with Gasteiger partial charge >= 0.3 is 0 Å². The summed E-state index contributed by atoms with van der Waals surface area (Å²) in [5.41, 5.74) is 0.823. The molecule has 3 fully saturated rings. The molecule has 3 saturated heterocycles. The maximum atomic E-state index is 12.6. The van der Waals surface area contributed by atoms with Crippen molar-refractivity contribution in [2.75, 3.05) is 26.7 Å². The number of ether oxygens (including phenoxy) is 1. The van der Waals surface area contributed by atoms with Crippen molar-refractivity contribution in [3.8, 4) is 5.75 Å². The Labute approximate surface area is 133 Å². The fourth-order valence-corrected chi connectivity index (χ4v) is 4.33. The number of nitrogens with one attached hydrogen (secondary N) is 1. The van der Waals surface area contributed by atoms with E-state index in [2.05, 4.69) is 14.6 Å². The van der Waals surface area contributed by atoms with Crippen LogP contribution in [0.2, 0.25) is 0 Å². The number of hydrogen-bond donors (Lipinski definition) is 1. The van der Waals surface area contributed by atoms with Gasteiger partial charge in [0.1, 0.15) is 10.6 Å². The third-order valence-corrected chi connectivity index (χ3v) is 5.74. The molecule has 5 nitrogen and oxygen atoms in total. The molecule has 1 unspecified atom stereocenters. The van der Waals surface area contributed by atoms with Crippen molar-refractivity contribution in [1.29, 1.82) is 0 Å². The van der Waals surface area contributed by atoms with Crippen LogP contribution < -0.4 is 10.1 Å². The van der Waals surface area contributed by atoms with Crippen LogP contribution >= 0.6 is 11.5 Å². The molecule has 3 aliphatic heterocycles. The molecule has 5 rings (SSSR count). The van der Waals surface area contributed by atoms with Crippen LogP contribution in [0.3, 0.4) is 0 Å². The van der Waals surface area contributed by atoms with Crippen LogP contribution in [0, 0.1) is 5.92 Å². The standard InChI is InChI=1S/C16H19N3O2S/c1-21-11-2-3-12-13(8-11)18-22-15(12)16(20)17-14-9-19-6-4-10(14)5-7-19/h2-3,8,10,14H,4-7,9H2,1H3,(H,17,20). The van der Waals surface area contributed by atoms with Gasteiger partial charge in [0.2, 0.25) is 0 Å². The Morgan fingerprint density at radius 3 is 2.91 bits per heavy atom. The summed E-state index contributed by atoms with van der Waals surface area (Å²) < 4.78 is 9.59. The van der Waals surface area contributed by atoms with E-state index in [0.29, 0.717) is 10.8 Å². The molecule has 116 valence electrons. The Balaban J connectivity index is 1.55. The lowest BCUT2D eigenvalue weighted by molar-refractivity contribution is 0.0623. The maximum Gasteiger partial charge on any atom is 0.263 e. The number of amides is 1. The number of carbonyl (C=O) groups excluding carboxylic acids is 1. The molecule has 22 heavy (non-hydrogen) atoms. The van der Waals surface area contributed by atoms with Crippen molar-refractivity contribution in [3.05, 3.63) is 23.1 Å². The number of benzene rings is 1. The van der Waals surface area contributed by atoms with E-state index in [4.69, 9.17) is 4.74 Å². The lowest BCUT2D eigenvalue weighted by atomic mass is 9.84. The second-order valence-corrected chi connectivity index (χ2v) is 6.89. The molecule has 0 aliphatic carbocycles. The van der Waals surface area contributed by atoms with E-state index in [-0.39, 0.29) is 11.9 Å². The second-order valence-electron chi connectivity index (χ2n) is 6.11. The first-order valence-electron chi connectivity index (χ1n) is 7.71. The minimum atomic E-state index is 0.0106. The molecule has 0 radical (unpaired) electrons. The number of piperidine rings is 3. The average molecular weight is 317 g/mol. The molecule has 1 aromatic carbocycles. The SMILES string of the molecule is COc1ccc2c(C(=O)NC3CN4CCC3CC4)snc2c1. The van der Waals surface area contributed by atoms with Gasteiger partial charge in [-0.05, 0) is 55.5 Å². The molecule has 4 heterocycles. The molecule has 1 aromatic heterocycles. The van der Waals surface area contributed by atoms with Crippen LogP contribution in [0.1, 0.15) is 22.5 Å². The molecule has 1 amide bonds. The Kier molecular flexibility index (Phi) is 3.50. The Hall–Kier alpha value is -1.66. The van der Waals surface area contributed by atoms with E-state index >= 15 is 0 Å². The fourth-order valence-electron chi connectivity index (χ4n) is 3.58. The van der Waals surface area contributed by atoms with Crippen molar-refractivity contribution in [2.24, 2.45) is 5.92 Å². The Morgan fingerprint density at radius 1 is 1.41 bits per heavy atom. The molecule has 3 aliphatic rings. The molecule has 6 heteroatoms. The summed E-state index contributed by atoms with van der Waals surface area (Å²) in [5.74, 6) is 1.41. The van der Waals surface area contributed by atoms with Crippen LogP contribution in [0.4, 0.5) is 0 Å². The predicted octanol–water partition coefficient (Wildman–Crippen LogP) is 2.13. The highest BCUT2D eigenvalue weighted by molar-refractivity contribution is 7.09. The van der Waals surface area contributed by atoms with Gasteiger partial charge in [-0.1, -0.05) is 0 Å². The average Bonchev–Trinajstić information content (AvgIpc) is 2.99. The zero-order valence-corrected chi connectivity index (χ0v) is 13.4. The van der Waals surface area contributed by atoms with Crippen molar-refractivity contribution in [2.45, 2.75) is 18.9 Å². The van der Waals surface area contributed by atoms with E-state index in [0.717, 1.165) is 23.2 Å². The number of methoxy groups -OCH3 is 1. The van der Waals surface area contributed by atoms with Gasteiger partial charge in [-0.3, -0.25) is 4.79 Å². The third-order valence-electron chi connectivity index (χ3n) is 4.86. The number of carbonyl (C=O) groups is 1. The Morgan fingerprint density at radius 2 is 2.23 bits per heavy atom. The van der Waals surface area contributed by atoms with Crippen molar-refractivity contribution in [3.63, 3.8) is 0 Å². The highest BCUT2D eigenvalue weighted by Crippen LogP contribution is 2.29. The number of fused-ring (bicyclic) bond motifs is 4. The lowest BCUT2D eigenvalue weighted by Crippen LogP contribution is -2.57. The normalized spacial score (nSPS) is 27.0. The zero-order chi connectivity index (χ0) is 15.1. The summed E-state index contributed by atoms with van der Waals surface area (Å²) >= 11 is 1.27. The summed E-state index contributed by atoms with van der Waals surface area (Å²) in [5, 5.41) is 4.14. The van der Waals surface area contributed by atoms with Gasteiger partial charge in [0, 0.05) is 24.0 Å². The van der Waals surface area contributed by atoms with E-state index in [1.54, 1.807) is 7.11 Å². The summed E-state index contributed by atoms with van der Waals surface area (Å²) in [6, 6.07) is 5.95. The van der Waals surface area contributed by atoms with E-state index in [1.165, 1.54) is 37.5 Å². The van der Waals surface area contributed by atoms with Gasteiger partial charge in [-0.25, -0.2) is 0 Å². The summed E-state index contributed by atoms with van der Waals surface area (Å²) in [7, 11) is 1.63. The molecule has 1 atom stereocenters. The van der Waals surface area contributed by atoms with Crippen LogP contribution in [0.5, 0.6) is 5.75 Å². The van der Waals surface area contributed by atoms with Crippen molar-refractivity contribution in [1.82, 2.24) is 14.6 Å². The van der Waals surface area contributed by atoms with Gasteiger partial charge in [0.15, 0.2) is 0 Å². The maximum absolute atomic E-state index is 12.6. The van der Waals surface area contributed by atoms with E-state index in [9.17, 15) is 4.79 Å². The fraction of sp³-hybridized carbons (Fsp3) is 0.500. The van der Waals surface area contributed by atoms with Crippen molar-refractivity contribution < 1.29 is 9.53 Å². The van der Waals surface area contributed by atoms with Gasteiger partial charge in [0.05, 0.1) is 12.6 Å². The minimum Gasteiger partial charge on any atom is -0.497 e. The zero-order valence-electron chi connectivity index (χ0n) is 12.5. The molecule has 0 spiro atoms. The monoisotopic (exact) mass is 317 g/mol. The van der Waals surface area contributed by atoms with E-state index < -0.39 is 0 Å². The minimum absolute atomic E-state index is 0.0106. The van der Waals surface area contributed by atoms with Crippen LogP contribution in [0.25, 0.3) is 10.9 Å². The van der Waals surface area contributed by atoms with Gasteiger partial charge in [0.25, 0.3) is 5.91 Å². The van der Waals surface area contributed by atoms with Crippen LogP contribution in [-0.2, 0) is 0 Å². The lowest BCUT2D eigenvalue weighted by Gasteiger charge is -2.44. The number of aromatic nitrogens is 1.